The highest BCUT2D eigenvalue weighted by atomic mass is 16.6. The minimum atomic E-state index is -0.369. The molecule has 2 aromatic rings. The second-order valence-electron chi connectivity index (χ2n) is 6.74. The van der Waals surface area contributed by atoms with E-state index >= 15 is 0 Å². The van der Waals surface area contributed by atoms with E-state index in [9.17, 15) is 10.1 Å². The van der Waals surface area contributed by atoms with E-state index in [4.69, 9.17) is 4.74 Å². The molecule has 1 atom stereocenters. The molecule has 0 fully saturated rings. The maximum absolute atomic E-state index is 10.9. The standard InChI is InChI=1S/C21H28N2O3/c1-22(2)16-7-17-26-21(11-6-10-18-8-4-3-5-9-18)19-12-14-20(15-13-19)23(24)25/h3-5,8-9,12-15,21H,6-7,10-11,16-17H2,1-2H3. The molecule has 0 radical (unpaired) electrons. The fourth-order valence-electron chi connectivity index (χ4n) is 2.90. The average Bonchev–Trinajstić information content (AvgIpc) is 2.64. The largest absolute Gasteiger partial charge is 0.373 e. The van der Waals surface area contributed by atoms with E-state index in [1.54, 1.807) is 12.1 Å². The van der Waals surface area contributed by atoms with Gasteiger partial charge < -0.3 is 9.64 Å². The zero-order valence-electron chi connectivity index (χ0n) is 15.6. The Labute approximate surface area is 155 Å². The van der Waals surface area contributed by atoms with Crippen molar-refractivity contribution in [3.63, 3.8) is 0 Å². The van der Waals surface area contributed by atoms with Crippen LogP contribution in [0.3, 0.4) is 0 Å². The fourth-order valence-corrected chi connectivity index (χ4v) is 2.90. The van der Waals surface area contributed by atoms with Crippen LogP contribution in [0.1, 0.15) is 36.5 Å². The van der Waals surface area contributed by atoms with Crippen LogP contribution in [0.15, 0.2) is 54.6 Å². The van der Waals surface area contributed by atoms with Crippen LogP contribution >= 0.6 is 0 Å². The van der Waals surface area contributed by atoms with Gasteiger partial charge in [0.15, 0.2) is 0 Å². The van der Waals surface area contributed by atoms with Crippen molar-refractivity contribution in [2.24, 2.45) is 0 Å². The van der Waals surface area contributed by atoms with Crippen molar-refractivity contribution >= 4 is 5.69 Å². The fraction of sp³-hybridized carbons (Fsp3) is 0.429. The molecule has 0 aromatic heterocycles. The third-order valence-electron chi connectivity index (χ3n) is 4.32. The van der Waals surface area contributed by atoms with Gasteiger partial charge in [-0.1, -0.05) is 30.3 Å². The van der Waals surface area contributed by atoms with Gasteiger partial charge in [-0.2, -0.15) is 0 Å². The SMILES string of the molecule is CN(C)CCCOC(CCCc1ccccc1)c1ccc([N+](=O)[O-])cc1. The van der Waals surface area contributed by atoms with Crippen molar-refractivity contribution < 1.29 is 9.66 Å². The Morgan fingerprint density at radius 2 is 1.73 bits per heavy atom. The molecule has 0 aliphatic carbocycles. The third kappa shape index (κ3) is 6.94. The van der Waals surface area contributed by atoms with Gasteiger partial charge in [0, 0.05) is 18.7 Å². The summed E-state index contributed by atoms with van der Waals surface area (Å²) >= 11 is 0. The molecule has 140 valence electrons. The van der Waals surface area contributed by atoms with E-state index in [-0.39, 0.29) is 16.7 Å². The van der Waals surface area contributed by atoms with Gasteiger partial charge in [-0.25, -0.2) is 0 Å². The molecule has 5 nitrogen and oxygen atoms in total. The van der Waals surface area contributed by atoms with Gasteiger partial charge in [0.25, 0.3) is 5.69 Å². The number of ether oxygens (including phenoxy) is 1. The number of nitrogens with zero attached hydrogens (tertiary/aromatic N) is 2. The highest BCUT2D eigenvalue weighted by Gasteiger charge is 2.14. The zero-order chi connectivity index (χ0) is 18.8. The van der Waals surface area contributed by atoms with Crippen LogP contribution in [0.4, 0.5) is 5.69 Å². The summed E-state index contributed by atoms with van der Waals surface area (Å²) in [4.78, 5) is 12.6. The van der Waals surface area contributed by atoms with Gasteiger partial charge in [-0.3, -0.25) is 10.1 Å². The summed E-state index contributed by atoms with van der Waals surface area (Å²) in [6.07, 6.45) is 3.86. The number of hydrogen-bond donors (Lipinski definition) is 0. The second-order valence-corrected chi connectivity index (χ2v) is 6.74. The van der Waals surface area contributed by atoms with Crippen molar-refractivity contribution in [2.75, 3.05) is 27.2 Å². The maximum Gasteiger partial charge on any atom is 0.269 e. The summed E-state index contributed by atoms with van der Waals surface area (Å²) in [7, 11) is 4.10. The number of aryl methyl sites for hydroxylation is 1. The van der Waals surface area contributed by atoms with Gasteiger partial charge >= 0.3 is 0 Å². The predicted molar refractivity (Wildman–Crippen MR) is 104 cm³/mol. The van der Waals surface area contributed by atoms with Crippen LogP contribution in [-0.2, 0) is 11.2 Å². The number of nitro benzene ring substituents is 1. The molecule has 0 bridgehead atoms. The van der Waals surface area contributed by atoms with Gasteiger partial charge in [-0.15, -0.1) is 0 Å². The number of non-ortho nitro benzene ring substituents is 1. The topological polar surface area (TPSA) is 55.6 Å². The van der Waals surface area contributed by atoms with Crippen molar-refractivity contribution in [1.29, 1.82) is 0 Å². The highest BCUT2D eigenvalue weighted by molar-refractivity contribution is 5.33. The molecule has 2 rings (SSSR count). The van der Waals surface area contributed by atoms with Gasteiger partial charge in [0.05, 0.1) is 11.0 Å². The number of hydrogen-bond acceptors (Lipinski definition) is 4. The van der Waals surface area contributed by atoms with E-state index in [0.717, 1.165) is 37.8 Å². The quantitative estimate of drug-likeness (QED) is 0.335. The third-order valence-corrected chi connectivity index (χ3v) is 4.32. The number of rotatable bonds is 11. The monoisotopic (exact) mass is 356 g/mol. The Kier molecular flexibility index (Phi) is 8.25. The lowest BCUT2D eigenvalue weighted by Gasteiger charge is -2.19. The van der Waals surface area contributed by atoms with E-state index < -0.39 is 0 Å². The first-order valence-corrected chi connectivity index (χ1v) is 9.11. The maximum atomic E-state index is 10.9. The Morgan fingerprint density at radius 1 is 1.04 bits per heavy atom. The molecule has 5 heteroatoms. The molecule has 1 unspecified atom stereocenters. The van der Waals surface area contributed by atoms with E-state index in [2.05, 4.69) is 29.2 Å². The summed E-state index contributed by atoms with van der Waals surface area (Å²) in [5, 5.41) is 10.9. The van der Waals surface area contributed by atoms with Crippen LogP contribution in [0, 0.1) is 10.1 Å². The molecule has 0 heterocycles. The number of benzene rings is 2. The smallest absolute Gasteiger partial charge is 0.269 e. The Hall–Kier alpha value is -2.24. The van der Waals surface area contributed by atoms with Crippen molar-refractivity contribution in [1.82, 2.24) is 4.90 Å². The second kappa shape index (κ2) is 10.7. The average molecular weight is 356 g/mol. The lowest BCUT2D eigenvalue weighted by Crippen LogP contribution is -2.16. The van der Waals surface area contributed by atoms with Gasteiger partial charge in [0.2, 0.25) is 0 Å². The first kappa shape index (κ1) is 20.1. The van der Waals surface area contributed by atoms with Crippen molar-refractivity contribution in [3.8, 4) is 0 Å². The molecule has 2 aromatic carbocycles. The number of nitro groups is 1. The highest BCUT2D eigenvalue weighted by Crippen LogP contribution is 2.26. The van der Waals surface area contributed by atoms with Crippen LogP contribution < -0.4 is 0 Å². The minimum absolute atomic E-state index is 0.0262. The van der Waals surface area contributed by atoms with Crippen LogP contribution in [0.25, 0.3) is 0 Å². The van der Waals surface area contributed by atoms with Gasteiger partial charge in [0.1, 0.15) is 0 Å². The summed E-state index contributed by atoms with van der Waals surface area (Å²) < 4.78 is 6.12. The molecule has 0 saturated carbocycles. The normalized spacial score (nSPS) is 12.3. The first-order valence-electron chi connectivity index (χ1n) is 9.11. The Bertz CT molecular complexity index is 657. The van der Waals surface area contributed by atoms with Crippen molar-refractivity contribution in [3.05, 3.63) is 75.8 Å². The van der Waals surface area contributed by atoms with E-state index in [0.29, 0.717) is 6.61 Å². The van der Waals surface area contributed by atoms with Crippen LogP contribution in [0.5, 0.6) is 0 Å². The molecule has 0 saturated heterocycles. The molecular weight excluding hydrogens is 328 g/mol. The summed E-state index contributed by atoms with van der Waals surface area (Å²) in [5.74, 6) is 0. The van der Waals surface area contributed by atoms with Crippen LogP contribution in [0.2, 0.25) is 0 Å². The summed E-state index contributed by atoms with van der Waals surface area (Å²) in [5.41, 5.74) is 2.44. The predicted octanol–water partition coefficient (Wildman–Crippen LogP) is 4.63. The van der Waals surface area contributed by atoms with Gasteiger partial charge in [-0.05, 0) is 69.6 Å². The molecule has 26 heavy (non-hydrogen) atoms. The zero-order valence-corrected chi connectivity index (χ0v) is 15.6. The van der Waals surface area contributed by atoms with E-state index in [1.165, 1.54) is 5.56 Å². The molecule has 0 amide bonds. The van der Waals surface area contributed by atoms with Crippen molar-refractivity contribution in [2.45, 2.75) is 31.8 Å². The lowest BCUT2D eigenvalue weighted by atomic mass is 10.0. The van der Waals surface area contributed by atoms with E-state index in [1.807, 2.05) is 32.3 Å². The lowest BCUT2D eigenvalue weighted by molar-refractivity contribution is -0.384. The Balaban J connectivity index is 1.94. The van der Waals surface area contributed by atoms with Crippen LogP contribution in [-0.4, -0.2) is 37.1 Å². The Morgan fingerprint density at radius 3 is 2.35 bits per heavy atom. The minimum Gasteiger partial charge on any atom is -0.373 e. The molecule has 0 aliphatic heterocycles. The molecule has 0 N–H and O–H groups in total. The first-order chi connectivity index (χ1) is 12.6. The summed E-state index contributed by atoms with van der Waals surface area (Å²) in [6, 6.07) is 17.2. The molecule has 0 spiro atoms. The summed E-state index contributed by atoms with van der Waals surface area (Å²) in [6.45, 7) is 1.67. The molecular formula is C21H28N2O3. The molecule has 0 aliphatic rings.